The lowest BCUT2D eigenvalue weighted by Crippen LogP contribution is -2.25. The van der Waals surface area contributed by atoms with Crippen molar-refractivity contribution in [3.63, 3.8) is 0 Å². The summed E-state index contributed by atoms with van der Waals surface area (Å²) in [6.07, 6.45) is 3.52. The molecule has 0 bridgehead atoms. The smallest absolute Gasteiger partial charge is 0.127 e. The van der Waals surface area contributed by atoms with E-state index in [0.29, 0.717) is 0 Å². The molecule has 0 spiro atoms. The van der Waals surface area contributed by atoms with Crippen molar-refractivity contribution >= 4 is 0 Å². The monoisotopic (exact) mass is 292 g/mol. The van der Waals surface area contributed by atoms with E-state index in [1.54, 1.807) is 0 Å². The summed E-state index contributed by atoms with van der Waals surface area (Å²) in [6, 6.07) is 0. The van der Waals surface area contributed by atoms with Gasteiger partial charge in [0.1, 0.15) is 17.1 Å². The fraction of sp³-hybridized carbons (Fsp3) is 0.667. The number of hydrogen-bond acceptors (Lipinski definition) is 3. The van der Waals surface area contributed by atoms with E-state index < -0.39 is 0 Å². The van der Waals surface area contributed by atoms with Gasteiger partial charge in [0.15, 0.2) is 0 Å². The molecule has 0 unspecified atom stereocenters. The quantitative estimate of drug-likeness (QED) is 0.868. The zero-order valence-electron chi connectivity index (χ0n) is 14.0. The molecular weight excluding hydrogens is 264 g/mol. The number of ether oxygens (including phenoxy) is 2. The zero-order chi connectivity index (χ0) is 15.6. The molecule has 0 amide bonds. The lowest BCUT2D eigenvalue weighted by molar-refractivity contribution is 0.137. The van der Waals surface area contributed by atoms with Crippen LogP contribution in [0.4, 0.5) is 0 Å². The second-order valence-corrected chi connectivity index (χ2v) is 6.58. The lowest BCUT2D eigenvalue weighted by Gasteiger charge is -2.21. The fourth-order valence-electron chi connectivity index (χ4n) is 3.13. The Kier molecular flexibility index (Phi) is 4.82. The first-order valence-electron chi connectivity index (χ1n) is 7.99. The third-order valence-electron chi connectivity index (χ3n) is 4.15. The molecule has 0 radical (unpaired) electrons. The highest BCUT2D eigenvalue weighted by atomic mass is 16.5. The highest BCUT2D eigenvalue weighted by Crippen LogP contribution is 2.46. The minimum absolute atomic E-state index is 0.156. The molecule has 1 heterocycles. The van der Waals surface area contributed by atoms with Crippen LogP contribution < -0.4 is 9.47 Å². The van der Waals surface area contributed by atoms with Gasteiger partial charge in [0.05, 0.1) is 6.61 Å². The van der Waals surface area contributed by atoms with Gasteiger partial charge in [0.25, 0.3) is 0 Å². The van der Waals surface area contributed by atoms with Crippen molar-refractivity contribution in [1.82, 2.24) is 0 Å². The Labute approximate surface area is 128 Å². The van der Waals surface area contributed by atoms with Crippen LogP contribution in [0.3, 0.4) is 0 Å². The normalized spacial score (nSPS) is 15.7. The van der Waals surface area contributed by atoms with Crippen molar-refractivity contribution in [3.05, 3.63) is 22.3 Å². The van der Waals surface area contributed by atoms with Crippen molar-refractivity contribution in [1.29, 1.82) is 0 Å². The maximum absolute atomic E-state index is 9.16. The van der Waals surface area contributed by atoms with Crippen LogP contribution in [-0.4, -0.2) is 23.9 Å². The van der Waals surface area contributed by atoms with Gasteiger partial charge in [-0.1, -0.05) is 6.92 Å². The first kappa shape index (κ1) is 16.2. The molecule has 0 fully saturated rings. The molecule has 0 aromatic heterocycles. The van der Waals surface area contributed by atoms with Gasteiger partial charge >= 0.3 is 0 Å². The summed E-state index contributed by atoms with van der Waals surface area (Å²) >= 11 is 0. The zero-order valence-corrected chi connectivity index (χ0v) is 14.0. The van der Waals surface area contributed by atoms with Gasteiger partial charge in [-0.2, -0.15) is 0 Å². The fourth-order valence-corrected chi connectivity index (χ4v) is 3.13. The third-order valence-corrected chi connectivity index (χ3v) is 4.15. The van der Waals surface area contributed by atoms with E-state index in [1.165, 1.54) is 22.3 Å². The molecule has 1 aliphatic heterocycles. The third kappa shape index (κ3) is 3.18. The molecule has 2 rings (SSSR count). The van der Waals surface area contributed by atoms with Crippen LogP contribution in [0.25, 0.3) is 0 Å². The molecule has 0 saturated carbocycles. The molecule has 1 aliphatic rings. The van der Waals surface area contributed by atoms with Crippen molar-refractivity contribution < 1.29 is 14.6 Å². The van der Waals surface area contributed by atoms with Crippen molar-refractivity contribution in [2.24, 2.45) is 0 Å². The average Bonchev–Trinajstić information content (AvgIpc) is 2.74. The number of hydrogen-bond donors (Lipinski definition) is 1. The van der Waals surface area contributed by atoms with E-state index in [9.17, 15) is 0 Å². The van der Waals surface area contributed by atoms with Gasteiger partial charge in [-0.3, -0.25) is 0 Å². The SMILES string of the molecule is CCCOc1c(C)c(CCCO)c2c(c1C)CC(C)(C)O2. The predicted molar refractivity (Wildman–Crippen MR) is 85.5 cm³/mol. The second kappa shape index (κ2) is 6.27. The first-order chi connectivity index (χ1) is 9.91. The Morgan fingerprint density at radius 1 is 1.24 bits per heavy atom. The van der Waals surface area contributed by atoms with Crippen LogP contribution >= 0.6 is 0 Å². The highest BCUT2D eigenvalue weighted by Gasteiger charge is 2.35. The molecule has 0 atom stereocenters. The van der Waals surface area contributed by atoms with E-state index in [4.69, 9.17) is 14.6 Å². The molecule has 21 heavy (non-hydrogen) atoms. The average molecular weight is 292 g/mol. The van der Waals surface area contributed by atoms with Crippen LogP contribution in [0.5, 0.6) is 11.5 Å². The minimum Gasteiger partial charge on any atom is -0.493 e. The molecule has 3 heteroatoms. The predicted octanol–water partition coefficient (Wildman–Crippen LogP) is 3.73. The summed E-state index contributed by atoms with van der Waals surface area (Å²) in [4.78, 5) is 0. The first-order valence-corrected chi connectivity index (χ1v) is 7.99. The van der Waals surface area contributed by atoms with E-state index in [2.05, 4.69) is 34.6 Å². The van der Waals surface area contributed by atoms with Gasteiger partial charge in [-0.25, -0.2) is 0 Å². The Morgan fingerprint density at radius 3 is 2.57 bits per heavy atom. The van der Waals surface area contributed by atoms with Gasteiger partial charge in [-0.05, 0) is 58.1 Å². The van der Waals surface area contributed by atoms with Gasteiger partial charge < -0.3 is 14.6 Å². The van der Waals surface area contributed by atoms with E-state index in [1.807, 2.05) is 0 Å². The number of fused-ring (bicyclic) bond motifs is 1. The molecule has 3 nitrogen and oxygen atoms in total. The lowest BCUT2D eigenvalue weighted by atomic mass is 9.91. The van der Waals surface area contributed by atoms with Crippen LogP contribution in [0.15, 0.2) is 0 Å². The number of aliphatic hydroxyl groups is 1. The van der Waals surface area contributed by atoms with Crippen LogP contribution in [0.2, 0.25) is 0 Å². The van der Waals surface area contributed by atoms with Crippen LogP contribution in [-0.2, 0) is 12.8 Å². The summed E-state index contributed by atoms with van der Waals surface area (Å²) in [5, 5.41) is 9.16. The summed E-state index contributed by atoms with van der Waals surface area (Å²) < 4.78 is 12.2. The largest absolute Gasteiger partial charge is 0.493 e. The Hall–Kier alpha value is -1.22. The van der Waals surface area contributed by atoms with Crippen molar-refractivity contribution in [2.45, 2.75) is 65.9 Å². The number of aliphatic hydroxyl groups excluding tert-OH is 1. The molecule has 0 aliphatic carbocycles. The topological polar surface area (TPSA) is 38.7 Å². The Bertz CT molecular complexity index is 518. The maximum atomic E-state index is 9.16. The van der Waals surface area contributed by atoms with Crippen LogP contribution in [0, 0.1) is 13.8 Å². The second-order valence-electron chi connectivity index (χ2n) is 6.58. The summed E-state index contributed by atoms with van der Waals surface area (Å²) in [7, 11) is 0. The van der Waals surface area contributed by atoms with E-state index in [0.717, 1.165) is 43.8 Å². The highest BCUT2D eigenvalue weighted by molar-refractivity contribution is 5.60. The van der Waals surface area contributed by atoms with Gasteiger partial charge in [-0.15, -0.1) is 0 Å². The standard InChI is InChI=1S/C18H28O3/c1-6-10-20-16-12(2)14(8-7-9-19)17-15(13(16)3)11-18(4,5)21-17/h19H,6-11H2,1-5H3. The van der Waals surface area contributed by atoms with Gasteiger partial charge in [0, 0.05) is 24.2 Å². The number of benzene rings is 1. The molecule has 1 aromatic carbocycles. The number of rotatable bonds is 6. The van der Waals surface area contributed by atoms with Crippen molar-refractivity contribution in [3.8, 4) is 11.5 Å². The Morgan fingerprint density at radius 2 is 1.95 bits per heavy atom. The summed E-state index contributed by atoms with van der Waals surface area (Å²) in [6.45, 7) is 11.6. The molecular formula is C18H28O3. The molecule has 0 saturated heterocycles. The minimum atomic E-state index is -0.156. The molecule has 118 valence electrons. The van der Waals surface area contributed by atoms with E-state index >= 15 is 0 Å². The van der Waals surface area contributed by atoms with E-state index in [-0.39, 0.29) is 12.2 Å². The summed E-state index contributed by atoms with van der Waals surface area (Å²) in [5.41, 5.74) is 4.72. The van der Waals surface area contributed by atoms with Gasteiger partial charge in [0.2, 0.25) is 0 Å². The van der Waals surface area contributed by atoms with Crippen molar-refractivity contribution in [2.75, 3.05) is 13.2 Å². The maximum Gasteiger partial charge on any atom is 0.127 e. The van der Waals surface area contributed by atoms with Crippen LogP contribution in [0.1, 0.15) is 55.9 Å². The molecule has 1 aromatic rings. The molecule has 1 N–H and O–H groups in total. The summed E-state index contributed by atoms with van der Waals surface area (Å²) in [5.74, 6) is 2.05. The Balaban J connectivity index is 2.51.